The van der Waals surface area contributed by atoms with Gasteiger partial charge in [-0.3, -0.25) is 0 Å². The summed E-state index contributed by atoms with van der Waals surface area (Å²) in [7, 11) is 3.93. The van der Waals surface area contributed by atoms with Gasteiger partial charge in [0.05, 0.1) is 23.4 Å². The fraction of sp³-hybridized carbons (Fsp3) is 0.370. The van der Waals surface area contributed by atoms with Crippen molar-refractivity contribution in [1.29, 1.82) is 0 Å². The number of aryl methyl sites for hydroxylation is 2. The Kier molecular flexibility index (Phi) is 6.09. The first-order valence-electron chi connectivity index (χ1n) is 11.9. The first-order valence-corrected chi connectivity index (χ1v) is 11.9. The Morgan fingerprint density at radius 1 is 0.941 bits per heavy atom. The van der Waals surface area contributed by atoms with E-state index in [4.69, 9.17) is 9.84 Å². The van der Waals surface area contributed by atoms with Crippen molar-refractivity contribution < 1.29 is 4.74 Å². The molecule has 0 bridgehead atoms. The molecule has 4 aromatic rings. The van der Waals surface area contributed by atoms with E-state index in [2.05, 4.69) is 58.4 Å². The van der Waals surface area contributed by atoms with Crippen LogP contribution in [0.25, 0.3) is 16.6 Å². The van der Waals surface area contributed by atoms with E-state index in [-0.39, 0.29) is 0 Å². The molecule has 5 rings (SSSR count). The molecule has 1 aliphatic heterocycles. The third-order valence-corrected chi connectivity index (χ3v) is 6.71. The molecule has 1 fully saturated rings. The number of anilines is 2. The highest BCUT2D eigenvalue weighted by molar-refractivity contribution is 5.92. The third kappa shape index (κ3) is 4.18. The SMILES string of the molecule is Cc1nnc(N(C)C)c2nn(-c3ccccc3OCC3CCN(c4ccccc4)CC3)c(C)c12. The molecule has 176 valence electrons. The highest BCUT2D eigenvalue weighted by Gasteiger charge is 2.22. The molecular weight excluding hydrogens is 424 g/mol. The smallest absolute Gasteiger partial charge is 0.179 e. The van der Waals surface area contributed by atoms with Crippen LogP contribution in [-0.2, 0) is 0 Å². The molecule has 0 N–H and O–H groups in total. The molecule has 2 aromatic heterocycles. The molecule has 0 unspecified atom stereocenters. The fourth-order valence-electron chi connectivity index (χ4n) is 4.81. The molecule has 1 saturated heterocycles. The van der Waals surface area contributed by atoms with E-state index in [1.54, 1.807) is 0 Å². The number of aromatic nitrogens is 4. The summed E-state index contributed by atoms with van der Waals surface area (Å²) in [5, 5.41) is 14.7. The van der Waals surface area contributed by atoms with Gasteiger partial charge in [-0.15, -0.1) is 5.10 Å². The second-order valence-electron chi connectivity index (χ2n) is 9.27. The second kappa shape index (κ2) is 9.33. The average Bonchev–Trinajstić information content (AvgIpc) is 3.21. The van der Waals surface area contributed by atoms with Gasteiger partial charge >= 0.3 is 0 Å². The Labute approximate surface area is 201 Å². The van der Waals surface area contributed by atoms with Crippen molar-refractivity contribution in [3.8, 4) is 11.4 Å². The number of benzene rings is 2. The number of hydrogen-bond acceptors (Lipinski definition) is 6. The minimum absolute atomic E-state index is 0.543. The van der Waals surface area contributed by atoms with Crippen LogP contribution in [0.15, 0.2) is 54.6 Å². The van der Waals surface area contributed by atoms with Gasteiger partial charge in [0.1, 0.15) is 17.0 Å². The summed E-state index contributed by atoms with van der Waals surface area (Å²) >= 11 is 0. The molecule has 34 heavy (non-hydrogen) atoms. The van der Waals surface area contributed by atoms with Crippen LogP contribution in [0, 0.1) is 19.8 Å². The van der Waals surface area contributed by atoms with Crippen LogP contribution < -0.4 is 14.5 Å². The third-order valence-electron chi connectivity index (χ3n) is 6.71. The van der Waals surface area contributed by atoms with E-state index in [9.17, 15) is 0 Å². The van der Waals surface area contributed by atoms with Gasteiger partial charge in [0, 0.05) is 32.9 Å². The van der Waals surface area contributed by atoms with Gasteiger partial charge < -0.3 is 14.5 Å². The number of para-hydroxylation sites is 3. The standard InChI is InChI=1S/C27H32N6O/c1-19-25-20(2)33(30-26(25)27(29-28-19)31(3)4)23-12-8-9-13-24(23)34-18-21-14-16-32(17-15-21)22-10-6-5-7-11-22/h5-13,21H,14-18H2,1-4H3. The molecule has 0 radical (unpaired) electrons. The van der Waals surface area contributed by atoms with Crippen LogP contribution in [0.4, 0.5) is 11.5 Å². The van der Waals surface area contributed by atoms with Crippen LogP contribution in [0.2, 0.25) is 0 Å². The quantitative estimate of drug-likeness (QED) is 0.416. The maximum atomic E-state index is 6.41. The zero-order valence-electron chi connectivity index (χ0n) is 20.4. The van der Waals surface area contributed by atoms with Gasteiger partial charge in [-0.05, 0) is 56.9 Å². The second-order valence-corrected chi connectivity index (χ2v) is 9.27. The lowest BCUT2D eigenvalue weighted by Crippen LogP contribution is -2.35. The molecule has 1 aliphatic rings. The summed E-state index contributed by atoms with van der Waals surface area (Å²) in [5.41, 5.74) is 5.04. The summed E-state index contributed by atoms with van der Waals surface area (Å²) in [5.74, 6) is 2.17. The van der Waals surface area contributed by atoms with Crippen molar-refractivity contribution in [3.05, 3.63) is 66.0 Å². The van der Waals surface area contributed by atoms with Gasteiger partial charge in [0.25, 0.3) is 0 Å². The van der Waals surface area contributed by atoms with Gasteiger partial charge in [0.15, 0.2) is 5.82 Å². The predicted molar refractivity (Wildman–Crippen MR) is 137 cm³/mol. The zero-order chi connectivity index (χ0) is 23.7. The average molecular weight is 457 g/mol. The number of hydrogen-bond donors (Lipinski definition) is 0. The molecular formula is C27H32N6O. The minimum atomic E-state index is 0.543. The van der Waals surface area contributed by atoms with Gasteiger partial charge in [-0.25, -0.2) is 4.68 Å². The molecule has 0 spiro atoms. The lowest BCUT2D eigenvalue weighted by molar-refractivity contribution is 0.222. The first kappa shape index (κ1) is 22.2. The fourth-order valence-corrected chi connectivity index (χ4v) is 4.81. The molecule has 0 saturated carbocycles. The van der Waals surface area contributed by atoms with Gasteiger partial charge in [0.2, 0.25) is 0 Å². The normalized spacial score (nSPS) is 14.5. The van der Waals surface area contributed by atoms with Gasteiger partial charge in [-0.2, -0.15) is 10.2 Å². The Hall–Kier alpha value is -3.61. The molecule has 0 amide bonds. The van der Waals surface area contributed by atoms with E-state index in [0.717, 1.165) is 65.5 Å². The van der Waals surface area contributed by atoms with Crippen LogP contribution in [-0.4, -0.2) is 53.8 Å². The Balaban J connectivity index is 1.35. The van der Waals surface area contributed by atoms with Crippen molar-refractivity contribution in [2.75, 3.05) is 43.6 Å². The highest BCUT2D eigenvalue weighted by Crippen LogP contribution is 2.32. The van der Waals surface area contributed by atoms with E-state index >= 15 is 0 Å². The molecule has 2 aromatic carbocycles. The topological polar surface area (TPSA) is 59.3 Å². The lowest BCUT2D eigenvalue weighted by Gasteiger charge is -2.33. The van der Waals surface area contributed by atoms with Crippen molar-refractivity contribution in [1.82, 2.24) is 20.0 Å². The zero-order valence-corrected chi connectivity index (χ0v) is 20.4. The van der Waals surface area contributed by atoms with E-state index in [1.165, 1.54) is 5.69 Å². The van der Waals surface area contributed by atoms with Crippen LogP contribution in [0.3, 0.4) is 0 Å². The maximum Gasteiger partial charge on any atom is 0.179 e. The van der Waals surface area contributed by atoms with Crippen LogP contribution in [0.5, 0.6) is 5.75 Å². The largest absolute Gasteiger partial charge is 0.491 e. The molecule has 7 nitrogen and oxygen atoms in total. The summed E-state index contributed by atoms with van der Waals surface area (Å²) in [6.07, 6.45) is 2.26. The van der Waals surface area contributed by atoms with Gasteiger partial charge in [-0.1, -0.05) is 30.3 Å². The highest BCUT2D eigenvalue weighted by atomic mass is 16.5. The maximum absolute atomic E-state index is 6.41. The van der Waals surface area contributed by atoms with Crippen molar-refractivity contribution in [2.24, 2.45) is 5.92 Å². The summed E-state index contributed by atoms with van der Waals surface area (Å²) in [6, 6.07) is 18.8. The first-order chi connectivity index (χ1) is 16.5. The minimum Gasteiger partial charge on any atom is -0.491 e. The number of rotatable bonds is 6. The summed E-state index contributed by atoms with van der Waals surface area (Å²) in [4.78, 5) is 4.42. The van der Waals surface area contributed by atoms with Crippen molar-refractivity contribution >= 4 is 22.4 Å². The van der Waals surface area contributed by atoms with Crippen LogP contribution >= 0.6 is 0 Å². The monoisotopic (exact) mass is 456 g/mol. The van der Waals surface area contributed by atoms with E-state index < -0.39 is 0 Å². The summed E-state index contributed by atoms with van der Waals surface area (Å²) < 4.78 is 8.38. The Bertz CT molecular complexity index is 1280. The van der Waals surface area contributed by atoms with Crippen molar-refractivity contribution in [2.45, 2.75) is 26.7 Å². The number of nitrogens with zero attached hydrogens (tertiary/aromatic N) is 6. The molecule has 7 heteroatoms. The molecule has 0 aliphatic carbocycles. The number of fused-ring (bicyclic) bond motifs is 1. The molecule has 0 atom stereocenters. The lowest BCUT2D eigenvalue weighted by atomic mass is 9.97. The predicted octanol–water partition coefficient (Wildman–Crippen LogP) is 4.79. The Morgan fingerprint density at radius 3 is 2.38 bits per heavy atom. The van der Waals surface area contributed by atoms with Crippen molar-refractivity contribution in [3.63, 3.8) is 0 Å². The number of ether oxygens (including phenoxy) is 1. The summed E-state index contributed by atoms with van der Waals surface area (Å²) in [6.45, 7) is 6.91. The number of piperidine rings is 1. The Morgan fingerprint density at radius 2 is 1.65 bits per heavy atom. The van der Waals surface area contributed by atoms with E-state index in [1.807, 2.05) is 48.8 Å². The molecule has 3 heterocycles. The van der Waals surface area contributed by atoms with E-state index in [0.29, 0.717) is 12.5 Å². The van der Waals surface area contributed by atoms with Crippen LogP contribution in [0.1, 0.15) is 24.2 Å².